The van der Waals surface area contributed by atoms with Gasteiger partial charge >= 0.3 is 0 Å². The number of carbonyl (C=O) groups is 1. The van der Waals surface area contributed by atoms with E-state index in [4.69, 9.17) is 10.5 Å². The van der Waals surface area contributed by atoms with Crippen LogP contribution in [0.4, 0.5) is 4.39 Å². The first kappa shape index (κ1) is 14.8. The van der Waals surface area contributed by atoms with Crippen LogP contribution in [0.3, 0.4) is 0 Å². The minimum Gasteiger partial charge on any atom is -0.490 e. The van der Waals surface area contributed by atoms with Gasteiger partial charge in [-0.1, -0.05) is 0 Å². The summed E-state index contributed by atoms with van der Waals surface area (Å²) in [5.74, 6) is 0.514. The molecule has 0 spiro atoms. The van der Waals surface area contributed by atoms with E-state index < -0.39 is 0 Å². The van der Waals surface area contributed by atoms with E-state index in [-0.39, 0.29) is 23.9 Å². The van der Waals surface area contributed by atoms with Gasteiger partial charge in [0.1, 0.15) is 17.7 Å². The fourth-order valence-electron chi connectivity index (χ4n) is 2.33. The highest BCUT2D eigenvalue weighted by molar-refractivity contribution is 5.76. The van der Waals surface area contributed by atoms with Crippen LogP contribution in [-0.4, -0.2) is 36.0 Å². The lowest BCUT2D eigenvalue weighted by atomic mass is 10.1. The molecule has 1 aromatic rings. The first-order chi connectivity index (χ1) is 9.54. The molecule has 1 aliphatic heterocycles. The van der Waals surface area contributed by atoms with Crippen molar-refractivity contribution in [2.75, 3.05) is 13.1 Å². The molecule has 110 valence electrons. The maximum Gasteiger partial charge on any atom is 0.224 e. The van der Waals surface area contributed by atoms with Crippen LogP contribution >= 0.6 is 0 Å². The molecule has 1 amide bonds. The van der Waals surface area contributed by atoms with Crippen LogP contribution in [0, 0.1) is 5.82 Å². The van der Waals surface area contributed by atoms with Crippen LogP contribution in [0.25, 0.3) is 0 Å². The number of hydrogen-bond acceptors (Lipinski definition) is 3. The average molecular weight is 280 g/mol. The van der Waals surface area contributed by atoms with Crippen molar-refractivity contribution in [2.24, 2.45) is 5.73 Å². The number of likely N-dealkylation sites (tertiary alicyclic amines) is 1. The molecular formula is C15H21FN2O2. The predicted molar refractivity (Wildman–Crippen MR) is 74.9 cm³/mol. The van der Waals surface area contributed by atoms with Crippen molar-refractivity contribution in [1.82, 2.24) is 4.90 Å². The molecule has 0 bridgehead atoms. The molecule has 0 aliphatic carbocycles. The fourth-order valence-corrected chi connectivity index (χ4v) is 2.33. The highest BCUT2D eigenvalue weighted by Gasteiger charge is 2.24. The van der Waals surface area contributed by atoms with Gasteiger partial charge in [-0.05, 0) is 31.2 Å². The number of carbonyl (C=O) groups excluding carboxylic acids is 1. The van der Waals surface area contributed by atoms with Gasteiger partial charge in [-0.15, -0.1) is 0 Å². The Labute approximate surface area is 118 Å². The molecule has 5 heteroatoms. The Balaban J connectivity index is 1.79. The van der Waals surface area contributed by atoms with Crippen molar-refractivity contribution in [3.63, 3.8) is 0 Å². The monoisotopic (exact) mass is 280 g/mol. The molecule has 1 atom stereocenters. The van der Waals surface area contributed by atoms with Crippen molar-refractivity contribution >= 4 is 5.91 Å². The highest BCUT2D eigenvalue weighted by Crippen LogP contribution is 2.19. The Bertz CT molecular complexity index is 440. The van der Waals surface area contributed by atoms with Crippen molar-refractivity contribution in [3.05, 3.63) is 30.1 Å². The summed E-state index contributed by atoms with van der Waals surface area (Å²) in [6.45, 7) is 3.22. The molecule has 20 heavy (non-hydrogen) atoms. The third kappa shape index (κ3) is 4.20. The molecule has 1 aromatic carbocycles. The molecule has 1 fully saturated rings. The average Bonchev–Trinajstić information content (AvgIpc) is 2.41. The van der Waals surface area contributed by atoms with E-state index in [0.717, 1.165) is 12.8 Å². The molecule has 2 rings (SSSR count). The summed E-state index contributed by atoms with van der Waals surface area (Å²) < 4.78 is 18.6. The predicted octanol–water partition coefficient (Wildman–Crippen LogP) is 1.93. The minimum atomic E-state index is -0.270. The normalized spacial score (nSPS) is 17.9. The van der Waals surface area contributed by atoms with Gasteiger partial charge in [0.05, 0.1) is 0 Å². The number of halogens is 1. The summed E-state index contributed by atoms with van der Waals surface area (Å²) in [7, 11) is 0. The number of amides is 1. The van der Waals surface area contributed by atoms with Gasteiger partial charge in [0.2, 0.25) is 5.91 Å². The minimum absolute atomic E-state index is 0.0832. The Kier molecular flexibility index (Phi) is 4.95. The van der Waals surface area contributed by atoms with E-state index in [0.29, 0.717) is 25.3 Å². The van der Waals surface area contributed by atoms with Crippen LogP contribution in [0.2, 0.25) is 0 Å². The molecule has 0 saturated carbocycles. The van der Waals surface area contributed by atoms with E-state index in [2.05, 4.69) is 0 Å². The molecule has 0 radical (unpaired) electrons. The van der Waals surface area contributed by atoms with Crippen LogP contribution in [0.1, 0.15) is 26.2 Å². The maximum atomic E-state index is 12.8. The SMILES string of the molecule is CC(N)CC(=O)N1CCC(Oc2ccc(F)cc2)CC1. The highest BCUT2D eigenvalue weighted by atomic mass is 19.1. The van der Waals surface area contributed by atoms with Crippen molar-refractivity contribution in [1.29, 1.82) is 0 Å². The van der Waals surface area contributed by atoms with Crippen molar-refractivity contribution < 1.29 is 13.9 Å². The van der Waals surface area contributed by atoms with Crippen LogP contribution < -0.4 is 10.5 Å². The topological polar surface area (TPSA) is 55.6 Å². The number of ether oxygens (including phenoxy) is 1. The quantitative estimate of drug-likeness (QED) is 0.917. The number of nitrogens with zero attached hydrogens (tertiary/aromatic N) is 1. The lowest BCUT2D eigenvalue weighted by Gasteiger charge is -2.32. The summed E-state index contributed by atoms with van der Waals surface area (Å²) in [4.78, 5) is 13.7. The van der Waals surface area contributed by atoms with Crippen LogP contribution in [0.15, 0.2) is 24.3 Å². The molecule has 1 aliphatic rings. The summed E-state index contributed by atoms with van der Waals surface area (Å²) in [6.07, 6.45) is 2.06. The zero-order valence-electron chi connectivity index (χ0n) is 11.7. The summed E-state index contributed by atoms with van der Waals surface area (Å²) >= 11 is 0. The van der Waals surface area contributed by atoms with Gasteiger partial charge in [0, 0.05) is 38.4 Å². The van der Waals surface area contributed by atoms with E-state index in [1.807, 2.05) is 11.8 Å². The van der Waals surface area contributed by atoms with Gasteiger partial charge in [0.15, 0.2) is 0 Å². The molecular weight excluding hydrogens is 259 g/mol. The summed E-state index contributed by atoms with van der Waals surface area (Å²) in [5, 5.41) is 0. The van der Waals surface area contributed by atoms with Gasteiger partial charge in [-0.2, -0.15) is 0 Å². The number of piperidine rings is 1. The molecule has 4 nitrogen and oxygen atoms in total. The van der Waals surface area contributed by atoms with Gasteiger partial charge < -0.3 is 15.4 Å². The van der Waals surface area contributed by atoms with Gasteiger partial charge in [-0.3, -0.25) is 4.79 Å². The zero-order chi connectivity index (χ0) is 14.5. The van der Waals surface area contributed by atoms with Crippen molar-refractivity contribution in [3.8, 4) is 5.75 Å². The third-order valence-electron chi connectivity index (χ3n) is 3.41. The molecule has 1 heterocycles. The first-order valence-corrected chi connectivity index (χ1v) is 7.00. The van der Waals surface area contributed by atoms with E-state index in [1.165, 1.54) is 12.1 Å². The van der Waals surface area contributed by atoms with Crippen molar-refractivity contribution in [2.45, 2.75) is 38.3 Å². The number of nitrogens with two attached hydrogens (primary N) is 1. The van der Waals surface area contributed by atoms with Gasteiger partial charge in [-0.25, -0.2) is 4.39 Å². The van der Waals surface area contributed by atoms with Crippen LogP contribution in [0.5, 0.6) is 5.75 Å². The second-order valence-corrected chi connectivity index (χ2v) is 5.33. The maximum absolute atomic E-state index is 12.8. The van der Waals surface area contributed by atoms with Crippen LogP contribution in [-0.2, 0) is 4.79 Å². The second kappa shape index (κ2) is 6.70. The Hall–Kier alpha value is -1.62. The van der Waals surface area contributed by atoms with E-state index >= 15 is 0 Å². The number of rotatable bonds is 4. The second-order valence-electron chi connectivity index (χ2n) is 5.33. The smallest absolute Gasteiger partial charge is 0.224 e. The zero-order valence-corrected chi connectivity index (χ0v) is 11.7. The Morgan fingerprint density at radius 2 is 2.00 bits per heavy atom. The lowest BCUT2D eigenvalue weighted by molar-refractivity contribution is -0.133. The molecule has 0 aromatic heterocycles. The van der Waals surface area contributed by atoms with E-state index in [9.17, 15) is 9.18 Å². The number of hydrogen-bond donors (Lipinski definition) is 1. The summed E-state index contributed by atoms with van der Waals surface area (Å²) in [6, 6.07) is 5.93. The third-order valence-corrected chi connectivity index (χ3v) is 3.41. The summed E-state index contributed by atoms with van der Waals surface area (Å²) in [5.41, 5.74) is 5.64. The van der Waals surface area contributed by atoms with Gasteiger partial charge in [0.25, 0.3) is 0 Å². The molecule has 1 unspecified atom stereocenters. The molecule has 1 saturated heterocycles. The fraction of sp³-hybridized carbons (Fsp3) is 0.533. The largest absolute Gasteiger partial charge is 0.490 e. The first-order valence-electron chi connectivity index (χ1n) is 7.00. The lowest BCUT2D eigenvalue weighted by Crippen LogP contribution is -2.43. The Morgan fingerprint density at radius 3 is 2.55 bits per heavy atom. The standard InChI is InChI=1S/C15H21FN2O2/c1-11(17)10-15(19)18-8-6-14(7-9-18)20-13-4-2-12(16)3-5-13/h2-5,11,14H,6-10,17H2,1H3. The van der Waals surface area contributed by atoms with E-state index in [1.54, 1.807) is 12.1 Å². The number of benzene rings is 1. The molecule has 2 N–H and O–H groups in total. The Morgan fingerprint density at radius 1 is 1.40 bits per heavy atom.